The zero-order valence-corrected chi connectivity index (χ0v) is 13.7. The fourth-order valence-electron chi connectivity index (χ4n) is 2.90. The van der Waals surface area contributed by atoms with E-state index in [0.717, 1.165) is 43.7 Å². The quantitative estimate of drug-likeness (QED) is 0.889. The number of aromatic nitrogens is 2. The number of hydrogen-bond acceptors (Lipinski definition) is 6. The highest BCUT2D eigenvalue weighted by molar-refractivity contribution is 5.94. The van der Waals surface area contributed by atoms with Gasteiger partial charge in [-0.15, -0.1) is 0 Å². The largest absolute Gasteiger partial charge is 0.334 e. The number of rotatable bonds is 4. The zero-order chi connectivity index (χ0) is 16.5. The summed E-state index contributed by atoms with van der Waals surface area (Å²) < 4.78 is 5.44. The molecule has 1 saturated heterocycles. The molecule has 4 rings (SSSR count). The number of piperazine rings is 1. The van der Waals surface area contributed by atoms with Gasteiger partial charge in [0.2, 0.25) is 5.91 Å². The van der Waals surface area contributed by atoms with Gasteiger partial charge in [0, 0.05) is 36.8 Å². The van der Waals surface area contributed by atoms with Crippen molar-refractivity contribution in [1.82, 2.24) is 20.4 Å². The van der Waals surface area contributed by atoms with Gasteiger partial charge in [0.1, 0.15) is 0 Å². The van der Waals surface area contributed by atoms with E-state index in [2.05, 4.69) is 32.7 Å². The second-order valence-electron chi connectivity index (χ2n) is 6.50. The average Bonchev–Trinajstić information content (AvgIpc) is 3.33. The lowest BCUT2D eigenvalue weighted by atomic mass is 10.2. The molecule has 1 aliphatic heterocycles. The minimum absolute atomic E-state index is 0.0910. The summed E-state index contributed by atoms with van der Waals surface area (Å²) in [6, 6.07) is 7.66. The maximum absolute atomic E-state index is 11.9. The van der Waals surface area contributed by atoms with Crippen molar-refractivity contribution in [1.29, 1.82) is 0 Å². The monoisotopic (exact) mass is 327 g/mol. The molecule has 1 saturated carbocycles. The molecule has 0 radical (unpaired) electrons. The van der Waals surface area contributed by atoms with E-state index in [4.69, 9.17) is 4.52 Å². The third kappa shape index (κ3) is 3.18. The molecule has 7 nitrogen and oxygen atoms in total. The molecule has 1 aromatic carbocycles. The molecule has 1 unspecified atom stereocenters. The van der Waals surface area contributed by atoms with Crippen molar-refractivity contribution in [2.45, 2.75) is 18.9 Å². The smallest absolute Gasteiger partial charge is 0.258 e. The maximum atomic E-state index is 11.9. The van der Waals surface area contributed by atoms with Crippen LogP contribution in [0, 0.1) is 5.92 Å². The number of amides is 1. The number of anilines is 1. The van der Waals surface area contributed by atoms with Crippen LogP contribution in [0.25, 0.3) is 11.5 Å². The standard InChI is InChI=1S/C17H21N5O2/c1-22-8-7-18-10-14(22)15-20-17(24-21-15)12-3-2-4-13(9-12)19-16(23)11-5-6-11/h2-4,9,11,14,18H,5-8,10H2,1H3,(H,19,23). The number of benzene rings is 1. The first-order chi connectivity index (χ1) is 11.7. The first kappa shape index (κ1) is 15.3. The van der Waals surface area contributed by atoms with Gasteiger partial charge in [-0.2, -0.15) is 4.98 Å². The highest BCUT2D eigenvalue weighted by atomic mass is 16.5. The predicted octanol–water partition coefficient (Wildman–Crippen LogP) is 1.66. The summed E-state index contributed by atoms with van der Waals surface area (Å²) in [5, 5.41) is 10.4. The minimum Gasteiger partial charge on any atom is -0.334 e. The second kappa shape index (κ2) is 6.33. The van der Waals surface area contributed by atoms with Crippen molar-refractivity contribution >= 4 is 11.6 Å². The van der Waals surface area contributed by atoms with Crippen molar-refractivity contribution in [3.63, 3.8) is 0 Å². The van der Waals surface area contributed by atoms with Crippen LogP contribution in [-0.4, -0.2) is 47.6 Å². The fraction of sp³-hybridized carbons (Fsp3) is 0.471. The highest BCUT2D eigenvalue weighted by Gasteiger charge is 2.29. The Hall–Kier alpha value is -2.25. The Morgan fingerprint density at radius 3 is 3.08 bits per heavy atom. The molecule has 2 N–H and O–H groups in total. The van der Waals surface area contributed by atoms with E-state index in [1.165, 1.54) is 0 Å². The van der Waals surface area contributed by atoms with E-state index in [0.29, 0.717) is 11.7 Å². The van der Waals surface area contributed by atoms with Gasteiger partial charge in [-0.1, -0.05) is 11.2 Å². The van der Waals surface area contributed by atoms with Gasteiger partial charge in [0.25, 0.3) is 5.89 Å². The third-order valence-electron chi connectivity index (χ3n) is 4.58. The van der Waals surface area contributed by atoms with Gasteiger partial charge >= 0.3 is 0 Å². The van der Waals surface area contributed by atoms with Crippen LogP contribution in [0.3, 0.4) is 0 Å². The van der Waals surface area contributed by atoms with Crippen LogP contribution < -0.4 is 10.6 Å². The summed E-state index contributed by atoms with van der Waals surface area (Å²) in [5.41, 5.74) is 1.58. The van der Waals surface area contributed by atoms with Crippen molar-refractivity contribution in [2.75, 3.05) is 32.0 Å². The lowest BCUT2D eigenvalue weighted by Crippen LogP contribution is -2.44. The summed E-state index contributed by atoms with van der Waals surface area (Å²) in [6.45, 7) is 2.74. The van der Waals surface area contributed by atoms with E-state index in [1.807, 2.05) is 24.3 Å². The Labute approximate surface area is 140 Å². The second-order valence-corrected chi connectivity index (χ2v) is 6.50. The molecule has 1 aromatic heterocycles. The first-order valence-electron chi connectivity index (χ1n) is 8.36. The summed E-state index contributed by atoms with van der Waals surface area (Å²) in [4.78, 5) is 18.7. The summed E-state index contributed by atoms with van der Waals surface area (Å²) in [5.74, 6) is 1.44. The molecule has 2 aliphatic rings. The van der Waals surface area contributed by atoms with Gasteiger partial charge in [0.15, 0.2) is 5.82 Å². The summed E-state index contributed by atoms with van der Waals surface area (Å²) in [6.07, 6.45) is 1.98. The van der Waals surface area contributed by atoms with Crippen LogP contribution in [0.5, 0.6) is 0 Å². The summed E-state index contributed by atoms with van der Waals surface area (Å²) >= 11 is 0. The molecule has 1 atom stereocenters. The Bertz CT molecular complexity index is 740. The first-order valence-corrected chi connectivity index (χ1v) is 8.36. The number of hydrogen-bond donors (Lipinski definition) is 2. The minimum atomic E-state index is 0.0910. The lowest BCUT2D eigenvalue weighted by molar-refractivity contribution is -0.117. The van der Waals surface area contributed by atoms with Crippen molar-refractivity contribution in [3.05, 3.63) is 30.1 Å². The molecular formula is C17H21N5O2. The zero-order valence-electron chi connectivity index (χ0n) is 13.7. The van der Waals surface area contributed by atoms with Gasteiger partial charge in [-0.3, -0.25) is 9.69 Å². The van der Waals surface area contributed by atoms with Gasteiger partial charge < -0.3 is 15.2 Å². The van der Waals surface area contributed by atoms with Crippen LogP contribution in [0.4, 0.5) is 5.69 Å². The van der Waals surface area contributed by atoms with E-state index in [-0.39, 0.29) is 17.9 Å². The number of nitrogens with zero attached hydrogens (tertiary/aromatic N) is 3. The lowest BCUT2D eigenvalue weighted by Gasteiger charge is -2.30. The van der Waals surface area contributed by atoms with Crippen LogP contribution >= 0.6 is 0 Å². The Morgan fingerprint density at radius 1 is 1.42 bits per heavy atom. The molecule has 1 aliphatic carbocycles. The van der Waals surface area contributed by atoms with Crippen LogP contribution in [0.2, 0.25) is 0 Å². The van der Waals surface area contributed by atoms with Gasteiger partial charge in [-0.05, 0) is 38.1 Å². The van der Waals surface area contributed by atoms with Crippen LogP contribution in [-0.2, 0) is 4.79 Å². The number of carbonyl (C=O) groups is 1. The molecule has 24 heavy (non-hydrogen) atoms. The van der Waals surface area contributed by atoms with Crippen molar-refractivity contribution < 1.29 is 9.32 Å². The normalized spacial score (nSPS) is 21.6. The molecule has 0 bridgehead atoms. The van der Waals surface area contributed by atoms with Crippen molar-refractivity contribution in [3.8, 4) is 11.5 Å². The Kier molecular flexibility index (Phi) is 4.03. The molecule has 2 heterocycles. The number of carbonyl (C=O) groups excluding carboxylic acids is 1. The van der Waals surface area contributed by atoms with Crippen LogP contribution in [0.15, 0.2) is 28.8 Å². The number of likely N-dealkylation sites (N-methyl/N-ethyl adjacent to an activating group) is 1. The molecule has 126 valence electrons. The van der Waals surface area contributed by atoms with E-state index in [9.17, 15) is 4.79 Å². The Morgan fingerprint density at radius 2 is 2.29 bits per heavy atom. The highest BCUT2D eigenvalue weighted by Crippen LogP contribution is 2.31. The van der Waals surface area contributed by atoms with Gasteiger partial charge in [0.05, 0.1) is 6.04 Å². The third-order valence-corrected chi connectivity index (χ3v) is 4.58. The van der Waals surface area contributed by atoms with E-state index < -0.39 is 0 Å². The Balaban J connectivity index is 1.52. The van der Waals surface area contributed by atoms with Gasteiger partial charge in [-0.25, -0.2) is 0 Å². The molecule has 1 amide bonds. The molecule has 2 aromatic rings. The van der Waals surface area contributed by atoms with Crippen molar-refractivity contribution in [2.24, 2.45) is 5.92 Å². The molecular weight excluding hydrogens is 306 g/mol. The van der Waals surface area contributed by atoms with E-state index >= 15 is 0 Å². The molecule has 2 fully saturated rings. The van der Waals surface area contributed by atoms with Crippen LogP contribution in [0.1, 0.15) is 24.7 Å². The van der Waals surface area contributed by atoms with E-state index in [1.54, 1.807) is 0 Å². The maximum Gasteiger partial charge on any atom is 0.258 e. The SMILES string of the molecule is CN1CCNCC1c1noc(-c2cccc(NC(=O)C3CC3)c2)n1. The topological polar surface area (TPSA) is 83.3 Å². The number of nitrogens with one attached hydrogen (secondary N) is 2. The fourth-order valence-corrected chi connectivity index (χ4v) is 2.90. The predicted molar refractivity (Wildman–Crippen MR) is 89.3 cm³/mol. The molecule has 0 spiro atoms. The molecule has 7 heteroatoms. The average molecular weight is 327 g/mol. The summed E-state index contributed by atoms with van der Waals surface area (Å²) in [7, 11) is 2.07.